The Labute approximate surface area is 60.5 Å². The lowest BCUT2D eigenvalue weighted by atomic mass is 10.1. The van der Waals surface area contributed by atoms with Crippen LogP contribution in [0.2, 0.25) is 0 Å². The molecule has 0 radical (unpaired) electrons. The summed E-state index contributed by atoms with van der Waals surface area (Å²) in [6.45, 7) is 0.980. The van der Waals surface area contributed by atoms with Crippen molar-refractivity contribution in [2.45, 2.75) is 25.3 Å². The first-order valence-corrected chi connectivity index (χ1v) is 3.85. The summed E-state index contributed by atoms with van der Waals surface area (Å²) in [4.78, 5) is 13.1. The van der Waals surface area contributed by atoms with Crippen LogP contribution in [-0.4, -0.2) is 23.4 Å². The fraction of sp³-hybridized carbons (Fsp3) is 0.625. The summed E-state index contributed by atoms with van der Waals surface area (Å²) in [6.07, 6.45) is 7.16. The Bertz CT molecular complexity index is 186. The maximum absolute atomic E-state index is 11.1. The molecule has 0 saturated carbocycles. The third-order valence-electron chi connectivity index (χ3n) is 2.33. The second-order valence-electron chi connectivity index (χ2n) is 2.97. The Morgan fingerprint density at radius 1 is 1.60 bits per heavy atom. The smallest absolute Gasteiger partial charge is 0.246 e. The minimum absolute atomic E-state index is 0.216. The van der Waals surface area contributed by atoms with Gasteiger partial charge in [0.15, 0.2) is 0 Å². The molecule has 0 aromatic rings. The molecular weight excluding hydrogens is 126 g/mol. The zero-order chi connectivity index (χ0) is 6.97. The molecule has 1 fully saturated rings. The maximum Gasteiger partial charge on any atom is 0.246 e. The topological polar surface area (TPSA) is 20.3 Å². The first-order valence-electron chi connectivity index (χ1n) is 3.85. The standard InChI is InChI=1S/C8H11NO/c10-8-5-1-3-7-4-2-6-9(7)8/h1,5,7H,2-4,6H2/t7-/m0/s1. The van der Waals surface area contributed by atoms with Crippen LogP contribution in [0.4, 0.5) is 0 Å². The lowest BCUT2D eigenvalue weighted by Crippen LogP contribution is -2.36. The van der Waals surface area contributed by atoms with Gasteiger partial charge in [-0.25, -0.2) is 0 Å². The molecular formula is C8H11NO. The van der Waals surface area contributed by atoms with E-state index in [2.05, 4.69) is 0 Å². The Hall–Kier alpha value is -0.790. The van der Waals surface area contributed by atoms with E-state index < -0.39 is 0 Å². The second-order valence-corrected chi connectivity index (χ2v) is 2.97. The molecule has 2 nitrogen and oxygen atoms in total. The molecule has 1 atom stereocenters. The van der Waals surface area contributed by atoms with Crippen molar-refractivity contribution in [1.82, 2.24) is 4.90 Å². The first-order chi connectivity index (χ1) is 4.88. The van der Waals surface area contributed by atoms with Crippen LogP contribution in [0.25, 0.3) is 0 Å². The largest absolute Gasteiger partial charge is 0.336 e. The van der Waals surface area contributed by atoms with Crippen LogP contribution in [-0.2, 0) is 4.79 Å². The molecule has 10 heavy (non-hydrogen) atoms. The Morgan fingerprint density at radius 2 is 2.50 bits per heavy atom. The van der Waals surface area contributed by atoms with Gasteiger partial charge in [-0.1, -0.05) is 6.08 Å². The van der Waals surface area contributed by atoms with E-state index in [1.807, 2.05) is 11.0 Å². The Morgan fingerprint density at radius 3 is 3.30 bits per heavy atom. The van der Waals surface area contributed by atoms with Crippen LogP contribution in [0.15, 0.2) is 12.2 Å². The van der Waals surface area contributed by atoms with Gasteiger partial charge in [0.25, 0.3) is 0 Å². The molecule has 0 spiro atoms. The highest BCUT2D eigenvalue weighted by atomic mass is 16.2. The number of hydrogen-bond acceptors (Lipinski definition) is 1. The minimum Gasteiger partial charge on any atom is -0.336 e. The summed E-state index contributed by atoms with van der Waals surface area (Å²) in [6, 6.07) is 0.539. The van der Waals surface area contributed by atoms with Crippen LogP contribution in [0.1, 0.15) is 19.3 Å². The van der Waals surface area contributed by atoms with Crippen molar-refractivity contribution >= 4 is 5.91 Å². The Balaban J connectivity index is 2.20. The minimum atomic E-state index is 0.216. The molecule has 1 amide bonds. The number of carbonyl (C=O) groups is 1. The highest BCUT2D eigenvalue weighted by Crippen LogP contribution is 2.23. The van der Waals surface area contributed by atoms with Gasteiger partial charge in [0, 0.05) is 12.6 Å². The van der Waals surface area contributed by atoms with E-state index in [1.165, 1.54) is 12.8 Å². The molecule has 2 heteroatoms. The van der Waals surface area contributed by atoms with Crippen molar-refractivity contribution in [3.8, 4) is 0 Å². The molecule has 0 aromatic carbocycles. The van der Waals surface area contributed by atoms with Gasteiger partial charge >= 0.3 is 0 Å². The van der Waals surface area contributed by atoms with Crippen molar-refractivity contribution in [2.75, 3.05) is 6.54 Å². The van der Waals surface area contributed by atoms with Crippen LogP contribution in [0, 0.1) is 0 Å². The van der Waals surface area contributed by atoms with E-state index in [0.29, 0.717) is 6.04 Å². The molecule has 0 unspecified atom stereocenters. The van der Waals surface area contributed by atoms with Gasteiger partial charge in [0.2, 0.25) is 5.91 Å². The third-order valence-corrected chi connectivity index (χ3v) is 2.33. The number of rotatable bonds is 0. The molecule has 54 valence electrons. The van der Waals surface area contributed by atoms with Crippen LogP contribution in [0.3, 0.4) is 0 Å². The molecule has 0 aromatic heterocycles. The van der Waals surface area contributed by atoms with Crippen molar-refractivity contribution < 1.29 is 4.79 Å². The molecule has 0 aliphatic carbocycles. The number of hydrogen-bond donors (Lipinski definition) is 0. The highest BCUT2D eigenvalue weighted by molar-refractivity contribution is 5.88. The van der Waals surface area contributed by atoms with Crippen LogP contribution in [0.5, 0.6) is 0 Å². The zero-order valence-corrected chi connectivity index (χ0v) is 5.92. The molecule has 1 saturated heterocycles. The van der Waals surface area contributed by atoms with Gasteiger partial charge in [0.05, 0.1) is 0 Å². The molecule has 0 N–H and O–H groups in total. The molecule has 2 aliphatic heterocycles. The summed E-state index contributed by atoms with van der Waals surface area (Å²) in [5.41, 5.74) is 0. The zero-order valence-electron chi connectivity index (χ0n) is 5.92. The summed E-state index contributed by atoms with van der Waals surface area (Å²) in [5, 5.41) is 0. The van der Waals surface area contributed by atoms with E-state index in [9.17, 15) is 4.79 Å². The highest BCUT2D eigenvalue weighted by Gasteiger charge is 2.28. The maximum atomic E-state index is 11.1. The van der Waals surface area contributed by atoms with Crippen molar-refractivity contribution in [3.63, 3.8) is 0 Å². The first kappa shape index (κ1) is 5.96. The third kappa shape index (κ3) is 0.753. The van der Waals surface area contributed by atoms with Crippen molar-refractivity contribution in [2.24, 2.45) is 0 Å². The van der Waals surface area contributed by atoms with Gasteiger partial charge in [-0.15, -0.1) is 0 Å². The van der Waals surface area contributed by atoms with Gasteiger partial charge < -0.3 is 4.90 Å². The van der Waals surface area contributed by atoms with E-state index in [4.69, 9.17) is 0 Å². The van der Waals surface area contributed by atoms with Gasteiger partial charge in [-0.2, -0.15) is 0 Å². The molecule has 2 heterocycles. The number of amides is 1. The molecule has 2 aliphatic rings. The summed E-state index contributed by atoms with van der Waals surface area (Å²) < 4.78 is 0. The monoisotopic (exact) mass is 137 g/mol. The normalized spacial score (nSPS) is 31.0. The quantitative estimate of drug-likeness (QED) is 0.486. The number of carbonyl (C=O) groups excluding carboxylic acids is 1. The SMILES string of the molecule is O=C1C=CC[C@H]2CCCN12. The van der Waals surface area contributed by atoms with E-state index in [0.717, 1.165) is 13.0 Å². The van der Waals surface area contributed by atoms with Crippen molar-refractivity contribution in [3.05, 3.63) is 12.2 Å². The van der Waals surface area contributed by atoms with E-state index >= 15 is 0 Å². The van der Waals surface area contributed by atoms with Gasteiger partial charge in [0.1, 0.15) is 0 Å². The molecule has 2 rings (SSSR count). The van der Waals surface area contributed by atoms with Crippen LogP contribution < -0.4 is 0 Å². The summed E-state index contributed by atoms with van der Waals surface area (Å²) >= 11 is 0. The lowest BCUT2D eigenvalue weighted by Gasteiger charge is -2.25. The van der Waals surface area contributed by atoms with Gasteiger partial charge in [-0.05, 0) is 25.3 Å². The summed E-state index contributed by atoms with van der Waals surface area (Å²) in [5.74, 6) is 0.216. The predicted octanol–water partition coefficient (Wildman–Crippen LogP) is 0.937. The average Bonchev–Trinajstić information content (AvgIpc) is 2.36. The Kier molecular flexibility index (Phi) is 1.26. The predicted molar refractivity (Wildman–Crippen MR) is 38.5 cm³/mol. The second kappa shape index (κ2) is 2.11. The molecule has 0 bridgehead atoms. The lowest BCUT2D eigenvalue weighted by molar-refractivity contribution is -0.127. The van der Waals surface area contributed by atoms with E-state index in [-0.39, 0.29) is 5.91 Å². The van der Waals surface area contributed by atoms with Crippen LogP contribution >= 0.6 is 0 Å². The fourth-order valence-electron chi connectivity index (χ4n) is 1.79. The number of nitrogens with zero attached hydrogens (tertiary/aromatic N) is 1. The summed E-state index contributed by atoms with van der Waals surface area (Å²) in [7, 11) is 0. The average molecular weight is 137 g/mol. The number of fused-ring (bicyclic) bond motifs is 1. The van der Waals surface area contributed by atoms with E-state index in [1.54, 1.807) is 6.08 Å². The van der Waals surface area contributed by atoms with Gasteiger partial charge in [-0.3, -0.25) is 4.79 Å². The fourth-order valence-corrected chi connectivity index (χ4v) is 1.79. The van der Waals surface area contributed by atoms with Crippen molar-refractivity contribution in [1.29, 1.82) is 0 Å².